The quantitative estimate of drug-likeness (QED) is 0.505. The molecule has 3 rings (SSSR count). The molecule has 0 spiro atoms. The van der Waals surface area contributed by atoms with Crippen molar-refractivity contribution in [3.05, 3.63) is 60.6 Å². The molecule has 0 aliphatic heterocycles. The van der Waals surface area contributed by atoms with E-state index in [1.807, 2.05) is 54.3 Å². The summed E-state index contributed by atoms with van der Waals surface area (Å²) < 4.78 is 8.84. The fraction of sp³-hybridized carbons (Fsp3) is 0.176. The molecule has 3 aromatic rings. The van der Waals surface area contributed by atoms with Crippen LogP contribution in [0.25, 0.3) is 0 Å². The molecule has 0 aliphatic rings. The molecule has 0 atom stereocenters. The molecule has 0 bridgehead atoms. The van der Waals surface area contributed by atoms with Crippen molar-refractivity contribution < 1.29 is 21.7 Å². The zero-order valence-corrected chi connectivity index (χ0v) is 14.8. The summed E-state index contributed by atoms with van der Waals surface area (Å²) in [5, 5.41) is 12.7. The van der Waals surface area contributed by atoms with E-state index in [0.29, 0.717) is 23.7 Å². The first-order valence-corrected chi connectivity index (χ1v) is 7.47. The molecule has 0 amide bonds. The first kappa shape index (κ1) is 18.4. The Morgan fingerprint density at radius 2 is 1.96 bits per heavy atom. The van der Waals surface area contributed by atoms with Crippen molar-refractivity contribution >= 4 is 17.2 Å². The number of aromatic nitrogens is 3. The maximum atomic E-state index is 6.12. The van der Waals surface area contributed by atoms with Gasteiger partial charge < -0.3 is 22.9 Å². The summed E-state index contributed by atoms with van der Waals surface area (Å²) in [7, 11) is 3.59. The fourth-order valence-electron chi connectivity index (χ4n) is 2.18. The van der Waals surface area contributed by atoms with Crippen LogP contribution in [0.5, 0.6) is 5.75 Å². The van der Waals surface area contributed by atoms with E-state index in [-0.39, 0.29) is 12.4 Å². The second-order valence-electron chi connectivity index (χ2n) is 5.35. The number of nitrogen functional groups attached to an aromatic ring is 1. The number of halogens is 1. The molecule has 2 N–H and O–H groups in total. The number of methoxy groups -OCH3 is 1. The number of rotatable bonds is 5. The lowest BCUT2D eigenvalue weighted by Gasteiger charge is -2.03. The minimum absolute atomic E-state index is 0. The summed E-state index contributed by atoms with van der Waals surface area (Å²) in [5.41, 5.74) is 8.46. The molecule has 0 unspecified atom stereocenters. The Kier molecular flexibility index (Phi) is 6.08. The molecule has 2 heterocycles. The Balaban J connectivity index is 0.00000225. The van der Waals surface area contributed by atoms with Gasteiger partial charge in [0.25, 0.3) is 0 Å². The molecular weight excluding hydrogens is 340 g/mol. The highest BCUT2D eigenvalue weighted by Gasteiger charge is 2.08. The number of azo groups is 1. The Morgan fingerprint density at radius 1 is 1.20 bits per heavy atom. The molecule has 0 aliphatic carbocycles. The average Bonchev–Trinajstić information content (AvgIpc) is 2.95. The van der Waals surface area contributed by atoms with Crippen LogP contribution in [0.4, 0.5) is 17.2 Å². The molecule has 130 valence electrons. The number of hydrogen-bond donors (Lipinski definition) is 1. The van der Waals surface area contributed by atoms with Gasteiger partial charge in [-0.3, -0.25) is 0 Å². The lowest BCUT2D eigenvalue weighted by atomic mass is 10.3. The second kappa shape index (κ2) is 8.25. The third-order valence-corrected chi connectivity index (χ3v) is 3.57. The van der Waals surface area contributed by atoms with Gasteiger partial charge in [-0.15, -0.1) is 5.11 Å². The molecule has 0 fully saturated rings. The fourth-order valence-corrected chi connectivity index (χ4v) is 2.18. The van der Waals surface area contributed by atoms with E-state index in [0.717, 1.165) is 11.3 Å². The van der Waals surface area contributed by atoms with Crippen LogP contribution in [0.15, 0.2) is 65.2 Å². The number of hydrogen-bond acceptors (Lipinski definition) is 5. The van der Waals surface area contributed by atoms with Crippen LogP contribution in [0, 0.1) is 0 Å². The van der Waals surface area contributed by atoms with Gasteiger partial charge in [-0.1, -0.05) is 6.07 Å². The van der Waals surface area contributed by atoms with Crippen molar-refractivity contribution in [3.8, 4) is 5.75 Å². The highest BCUT2D eigenvalue weighted by Crippen LogP contribution is 2.26. The number of anilines is 1. The van der Waals surface area contributed by atoms with Crippen LogP contribution in [0.1, 0.15) is 5.56 Å². The van der Waals surface area contributed by atoms with Gasteiger partial charge in [0.15, 0.2) is 12.4 Å². The van der Waals surface area contributed by atoms with Crippen molar-refractivity contribution in [2.45, 2.75) is 6.54 Å². The first-order chi connectivity index (χ1) is 11.7. The molecule has 0 saturated carbocycles. The van der Waals surface area contributed by atoms with Gasteiger partial charge in [-0.25, -0.2) is 9.25 Å². The van der Waals surface area contributed by atoms with Crippen LogP contribution in [-0.2, 0) is 13.6 Å². The Bertz CT molecular complexity index is 860. The topological polar surface area (TPSA) is 81.7 Å². The summed E-state index contributed by atoms with van der Waals surface area (Å²) in [6, 6.07) is 11.4. The normalized spacial score (nSPS) is 10.6. The monoisotopic (exact) mass is 358 g/mol. The summed E-state index contributed by atoms with van der Waals surface area (Å²) >= 11 is 0. The third kappa shape index (κ3) is 4.54. The van der Waals surface area contributed by atoms with Crippen molar-refractivity contribution in [2.75, 3.05) is 12.8 Å². The predicted octanol–water partition coefficient (Wildman–Crippen LogP) is -0.234. The highest BCUT2D eigenvalue weighted by atomic mass is 35.5. The van der Waals surface area contributed by atoms with Crippen LogP contribution < -0.4 is 27.4 Å². The van der Waals surface area contributed by atoms with Gasteiger partial charge in [0.1, 0.15) is 24.3 Å². The molecule has 25 heavy (non-hydrogen) atoms. The molecule has 1 aromatic carbocycles. The molecule has 7 nitrogen and oxygen atoms in total. The number of nitrogens with two attached hydrogens (primary N) is 1. The van der Waals surface area contributed by atoms with E-state index >= 15 is 0 Å². The summed E-state index contributed by atoms with van der Waals surface area (Å²) in [4.78, 5) is 0. The Labute approximate surface area is 152 Å². The van der Waals surface area contributed by atoms with E-state index in [1.165, 1.54) is 0 Å². The van der Waals surface area contributed by atoms with Gasteiger partial charge >= 0.3 is 0 Å². The van der Waals surface area contributed by atoms with E-state index < -0.39 is 0 Å². The molecule has 0 radical (unpaired) electrons. The molecular formula is C17H19ClN6O. The summed E-state index contributed by atoms with van der Waals surface area (Å²) in [6.07, 6.45) is 5.58. The lowest BCUT2D eigenvalue weighted by Crippen LogP contribution is -3.00. The lowest BCUT2D eigenvalue weighted by molar-refractivity contribution is -0.671. The Morgan fingerprint density at radius 3 is 2.68 bits per heavy atom. The van der Waals surface area contributed by atoms with Crippen molar-refractivity contribution in [1.82, 2.24) is 9.78 Å². The van der Waals surface area contributed by atoms with Crippen molar-refractivity contribution in [1.29, 1.82) is 0 Å². The second-order valence-corrected chi connectivity index (χ2v) is 5.35. The van der Waals surface area contributed by atoms with Gasteiger partial charge in [-0.2, -0.15) is 10.2 Å². The average molecular weight is 359 g/mol. The first-order valence-electron chi connectivity index (χ1n) is 7.47. The number of benzene rings is 1. The van der Waals surface area contributed by atoms with E-state index in [2.05, 4.69) is 15.3 Å². The van der Waals surface area contributed by atoms with Gasteiger partial charge in [0.05, 0.1) is 25.5 Å². The summed E-state index contributed by atoms with van der Waals surface area (Å²) in [6.45, 7) is 0.585. The SMILES string of the molecule is COc1cccc(N=Nc2cnn(Cc3cc[n+](C)cc3)c2N)c1.[Cl-]. The van der Waals surface area contributed by atoms with Gasteiger partial charge in [0, 0.05) is 18.2 Å². The van der Waals surface area contributed by atoms with E-state index in [4.69, 9.17) is 10.5 Å². The van der Waals surface area contributed by atoms with Crippen LogP contribution >= 0.6 is 0 Å². The smallest absolute Gasteiger partial charge is 0.168 e. The standard InChI is InChI=1S/C17H19N6O.ClH/c1-22-8-6-13(7-9-22)12-23-17(18)16(11-19-23)21-20-14-4-3-5-15(10-14)24-2;/h3-11H,12,18H2,1-2H3;1H/q+1;/p-1. The molecule has 8 heteroatoms. The maximum absolute atomic E-state index is 6.12. The minimum atomic E-state index is 0. The zero-order valence-electron chi connectivity index (χ0n) is 14.0. The number of ether oxygens (including phenoxy) is 1. The predicted molar refractivity (Wildman–Crippen MR) is 90.5 cm³/mol. The number of nitrogens with zero attached hydrogens (tertiary/aromatic N) is 5. The zero-order chi connectivity index (χ0) is 16.9. The van der Waals surface area contributed by atoms with Gasteiger partial charge in [0.2, 0.25) is 0 Å². The number of pyridine rings is 1. The minimum Gasteiger partial charge on any atom is -1.00 e. The maximum Gasteiger partial charge on any atom is 0.168 e. The van der Waals surface area contributed by atoms with Crippen LogP contribution in [0.2, 0.25) is 0 Å². The molecule has 2 aromatic heterocycles. The highest BCUT2D eigenvalue weighted by molar-refractivity contribution is 5.56. The number of aryl methyl sites for hydroxylation is 1. The van der Waals surface area contributed by atoms with Crippen LogP contribution in [-0.4, -0.2) is 16.9 Å². The van der Waals surface area contributed by atoms with Crippen molar-refractivity contribution in [2.24, 2.45) is 17.3 Å². The van der Waals surface area contributed by atoms with E-state index in [1.54, 1.807) is 24.1 Å². The third-order valence-electron chi connectivity index (χ3n) is 3.57. The summed E-state index contributed by atoms with van der Waals surface area (Å²) in [5.74, 6) is 1.21. The molecule has 0 saturated heterocycles. The van der Waals surface area contributed by atoms with E-state index in [9.17, 15) is 0 Å². The van der Waals surface area contributed by atoms with Gasteiger partial charge in [-0.05, 0) is 17.7 Å². The van der Waals surface area contributed by atoms with Crippen LogP contribution in [0.3, 0.4) is 0 Å². The Hall–Kier alpha value is -2.93. The largest absolute Gasteiger partial charge is 1.00 e. The van der Waals surface area contributed by atoms with Crippen molar-refractivity contribution in [3.63, 3.8) is 0 Å².